The molecular weight excluding hydrogens is 304 g/mol. The van der Waals surface area contributed by atoms with Crippen LogP contribution in [0.15, 0.2) is 54.6 Å². The van der Waals surface area contributed by atoms with Crippen LogP contribution in [0.3, 0.4) is 0 Å². The molecule has 0 aliphatic carbocycles. The van der Waals surface area contributed by atoms with Crippen molar-refractivity contribution < 1.29 is 4.74 Å². The average molecular weight is 322 g/mol. The summed E-state index contributed by atoms with van der Waals surface area (Å²) < 4.78 is 7.37. The first kappa shape index (κ1) is 15.5. The third kappa shape index (κ3) is 3.53. The topological polar surface area (TPSA) is 45.0 Å². The minimum absolute atomic E-state index is 0.0121. The van der Waals surface area contributed by atoms with Crippen LogP contribution in [0.5, 0.6) is 5.75 Å². The van der Waals surface area contributed by atoms with Gasteiger partial charge in [0.25, 0.3) is 0 Å². The molecule has 3 rings (SSSR count). The normalized spacial score (nSPS) is 12.0. The molecule has 1 heterocycles. The van der Waals surface area contributed by atoms with Crippen molar-refractivity contribution in [1.29, 1.82) is 5.26 Å². The van der Waals surface area contributed by atoms with Crippen LogP contribution in [0.25, 0.3) is 10.1 Å². The van der Waals surface area contributed by atoms with E-state index in [0.717, 1.165) is 34.4 Å². The van der Waals surface area contributed by atoms with Gasteiger partial charge in [0.05, 0.1) is 4.70 Å². The van der Waals surface area contributed by atoms with Gasteiger partial charge in [-0.15, -0.1) is 11.3 Å². The number of hydrogen-bond donors (Lipinski definition) is 1. The van der Waals surface area contributed by atoms with E-state index in [1.54, 1.807) is 0 Å². The molecule has 116 valence electrons. The summed E-state index contributed by atoms with van der Waals surface area (Å²) in [6, 6.07) is 20.4. The molecule has 1 aromatic heterocycles. The summed E-state index contributed by atoms with van der Waals surface area (Å²) in [5.74, 6) is 0.846. The molecule has 0 aliphatic rings. The van der Waals surface area contributed by atoms with E-state index in [-0.39, 0.29) is 6.10 Å². The zero-order chi connectivity index (χ0) is 16.1. The molecule has 0 saturated carbocycles. The first-order chi connectivity index (χ1) is 11.3. The fraction of sp³-hybridized carbons (Fsp3) is 0.211. The van der Waals surface area contributed by atoms with E-state index in [9.17, 15) is 0 Å². The second-order valence-electron chi connectivity index (χ2n) is 5.31. The number of fused-ring (bicyclic) bond motifs is 1. The summed E-state index contributed by atoms with van der Waals surface area (Å²) >= 11 is 1.48. The van der Waals surface area contributed by atoms with Gasteiger partial charge in [0, 0.05) is 6.42 Å². The summed E-state index contributed by atoms with van der Waals surface area (Å²) in [5.41, 5.74) is 1.16. The maximum atomic E-state index is 9.12. The Morgan fingerprint density at radius 3 is 2.74 bits per heavy atom. The molecule has 3 nitrogen and oxygen atoms in total. The minimum atomic E-state index is -0.0121. The Balaban J connectivity index is 1.93. The first-order valence-corrected chi connectivity index (χ1v) is 8.42. The molecule has 3 aromatic rings. The van der Waals surface area contributed by atoms with Crippen molar-refractivity contribution in [3.8, 4) is 11.8 Å². The molecule has 1 N–H and O–H groups in total. The molecule has 1 atom stereocenters. The molecule has 1 unspecified atom stereocenters. The van der Waals surface area contributed by atoms with Crippen molar-refractivity contribution in [3.63, 3.8) is 0 Å². The van der Waals surface area contributed by atoms with Crippen LogP contribution in [0.4, 0.5) is 0 Å². The van der Waals surface area contributed by atoms with E-state index >= 15 is 0 Å². The van der Waals surface area contributed by atoms with Gasteiger partial charge in [0.1, 0.15) is 22.8 Å². The smallest absolute Gasteiger partial charge is 0.138 e. The zero-order valence-corrected chi connectivity index (χ0v) is 13.8. The van der Waals surface area contributed by atoms with Gasteiger partial charge in [0.2, 0.25) is 0 Å². The fourth-order valence-corrected chi connectivity index (χ4v) is 3.49. The lowest BCUT2D eigenvalue weighted by Gasteiger charge is -2.20. The van der Waals surface area contributed by atoms with Crippen LogP contribution in [0.2, 0.25) is 0 Å². The molecule has 0 aliphatic heterocycles. The van der Waals surface area contributed by atoms with Crippen LogP contribution in [-0.4, -0.2) is 13.6 Å². The van der Waals surface area contributed by atoms with Crippen LogP contribution in [-0.2, 0) is 0 Å². The monoisotopic (exact) mass is 322 g/mol. The molecule has 0 radical (unpaired) electrons. The van der Waals surface area contributed by atoms with E-state index < -0.39 is 0 Å². The quantitative estimate of drug-likeness (QED) is 0.726. The van der Waals surface area contributed by atoms with Crippen LogP contribution in [0, 0.1) is 11.3 Å². The molecule has 0 saturated heterocycles. The van der Waals surface area contributed by atoms with Gasteiger partial charge >= 0.3 is 0 Å². The molecule has 0 bridgehead atoms. The first-order valence-electron chi connectivity index (χ1n) is 7.60. The molecule has 0 spiro atoms. The van der Waals surface area contributed by atoms with Gasteiger partial charge in [-0.05, 0) is 36.7 Å². The number of nitriles is 1. The number of ether oxygens (including phenoxy) is 1. The number of nitrogens with one attached hydrogen (secondary N) is 1. The Kier molecular flexibility index (Phi) is 4.92. The van der Waals surface area contributed by atoms with Gasteiger partial charge < -0.3 is 10.1 Å². The highest BCUT2D eigenvalue weighted by atomic mass is 32.1. The lowest BCUT2D eigenvalue weighted by Crippen LogP contribution is -2.16. The Bertz CT molecular complexity index is 820. The van der Waals surface area contributed by atoms with Crippen molar-refractivity contribution in [2.24, 2.45) is 0 Å². The van der Waals surface area contributed by atoms with Crippen molar-refractivity contribution in [1.82, 2.24) is 5.32 Å². The lowest BCUT2D eigenvalue weighted by molar-refractivity contribution is 0.198. The van der Waals surface area contributed by atoms with Crippen LogP contribution >= 0.6 is 11.3 Å². The van der Waals surface area contributed by atoms with E-state index in [0.29, 0.717) is 4.88 Å². The predicted molar refractivity (Wildman–Crippen MR) is 94.9 cm³/mol. The standard InChI is InChI=1S/C19H18N2OS/c1-21-11-10-17(14-6-3-2-4-7-14)22-18-9-5-8-15-12-16(13-20)23-19(15)18/h2-9,12,17,21H,10-11H2,1H3. The zero-order valence-electron chi connectivity index (χ0n) is 13.0. The van der Waals surface area contributed by atoms with Crippen molar-refractivity contribution in [2.75, 3.05) is 13.6 Å². The van der Waals surface area contributed by atoms with E-state index in [4.69, 9.17) is 10.00 Å². The molecular formula is C19H18N2OS. The Labute approximate surface area is 140 Å². The highest BCUT2D eigenvalue weighted by Crippen LogP contribution is 2.36. The summed E-state index contributed by atoms with van der Waals surface area (Å²) in [5, 5.41) is 13.4. The van der Waals surface area contributed by atoms with E-state index in [2.05, 4.69) is 23.5 Å². The van der Waals surface area contributed by atoms with Gasteiger partial charge in [-0.1, -0.05) is 42.5 Å². The number of hydrogen-bond acceptors (Lipinski definition) is 4. The molecule has 23 heavy (non-hydrogen) atoms. The number of rotatable bonds is 6. The highest BCUT2D eigenvalue weighted by molar-refractivity contribution is 7.19. The predicted octanol–water partition coefficient (Wildman–Crippen LogP) is 4.50. The van der Waals surface area contributed by atoms with Crippen LogP contribution in [0.1, 0.15) is 23.0 Å². The highest BCUT2D eigenvalue weighted by Gasteiger charge is 2.15. The minimum Gasteiger partial charge on any atom is -0.484 e. The molecule has 4 heteroatoms. The maximum Gasteiger partial charge on any atom is 0.138 e. The van der Waals surface area contributed by atoms with Crippen LogP contribution < -0.4 is 10.1 Å². The molecule has 2 aromatic carbocycles. The van der Waals surface area contributed by atoms with Crippen molar-refractivity contribution in [2.45, 2.75) is 12.5 Å². The van der Waals surface area contributed by atoms with Crippen molar-refractivity contribution >= 4 is 21.4 Å². The second-order valence-corrected chi connectivity index (χ2v) is 6.36. The van der Waals surface area contributed by atoms with Gasteiger partial charge in [-0.25, -0.2) is 0 Å². The van der Waals surface area contributed by atoms with Gasteiger partial charge in [-0.2, -0.15) is 5.26 Å². The lowest BCUT2D eigenvalue weighted by atomic mass is 10.1. The Hall–Kier alpha value is -2.35. The summed E-state index contributed by atoms with van der Waals surface area (Å²) in [6.07, 6.45) is 0.870. The summed E-state index contributed by atoms with van der Waals surface area (Å²) in [4.78, 5) is 0.711. The van der Waals surface area contributed by atoms with Gasteiger partial charge in [-0.3, -0.25) is 0 Å². The fourth-order valence-electron chi connectivity index (χ4n) is 2.57. The van der Waals surface area contributed by atoms with Gasteiger partial charge in [0.15, 0.2) is 0 Å². The SMILES string of the molecule is CNCCC(Oc1cccc2cc(C#N)sc12)c1ccccc1. The summed E-state index contributed by atoms with van der Waals surface area (Å²) in [7, 11) is 1.95. The summed E-state index contributed by atoms with van der Waals surface area (Å²) in [6.45, 7) is 0.878. The van der Waals surface area contributed by atoms with Crippen molar-refractivity contribution in [3.05, 3.63) is 65.0 Å². The maximum absolute atomic E-state index is 9.12. The third-order valence-corrected chi connectivity index (χ3v) is 4.79. The third-order valence-electron chi connectivity index (χ3n) is 3.72. The van der Waals surface area contributed by atoms with E-state index in [1.807, 2.05) is 49.5 Å². The largest absolute Gasteiger partial charge is 0.484 e. The Morgan fingerprint density at radius 1 is 1.17 bits per heavy atom. The second kappa shape index (κ2) is 7.28. The number of nitrogens with zero attached hydrogens (tertiary/aromatic N) is 1. The molecule has 0 amide bonds. The van der Waals surface area contributed by atoms with E-state index in [1.165, 1.54) is 11.3 Å². The average Bonchev–Trinajstić information content (AvgIpc) is 3.03. The Morgan fingerprint density at radius 2 is 2.00 bits per heavy atom. The molecule has 0 fully saturated rings. The number of benzene rings is 2. The number of thiophene rings is 1.